The third-order valence-corrected chi connectivity index (χ3v) is 16.6. The van der Waals surface area contributed by atoms with Crippen molar-refractivity contribution in [1.82, 2.24) is 5.32 Å². The van der Waals surface area contributed by atoms with Crippen molar-refractivity contribution in [3.8, 4) is 0 Å². The van der Waals surface area contributed by atoms with E-state index in [9.17, 15) is 45.6 Å². The number of allylic oxidation sites excluding steroid dienone is 5. The molecule has 81 heavy (non-hydrogen) atoms. The highest BCUT2D eigenvalue weighted by molar-refractivity contribution is 5.76. The molecule has 2 heterocycles. The van der Waals surface area contributed by atoms with E-state index in [0.29, 0.717) is 6.42 Å². The van der Waals surface area contributed by atoms with Gasteiger partial charge in [-0.05, 0) is 51.4 Å². The molecule has 0 radical (unpaired) electrons. The molecule has 9 N–H and O–H groups in total. The summed E-state index contributed by atoms with van der Waals surface area (Å²) in [7, 11) is 0. The van der Waals surface area contributed by atoms with Crippen molar-refractivity contribution < 1.29 is 64.6 Å². The highest BCUT2D eigenvalue weighted by Gasteiger charge is 2.51. The van der Waals surface area contributed by atoms with Crippen molar-refractivity contribution in [3.05, 3.63) is 36.5 Å². The summed E-state index contributed by atoms with van der Waals surface area (Å²) in [4.78, 5) is 13.3. The molecule has 2 saturated heterocycles. The molecule has 1 amide bonds. The lowest BCUT2D eigenvalue weighted by Gasteiger charge is -2.46. The Kier molecular flexibility index (Phi) is 48.8. The molecule has 2 rings (SSSR count). The molecular formula is C67H125NO13. The summed E-state index contributed by atoms with van der Waals surface area (Å²) in [5, 5.41) is 87.3. The first-order valence-corrected chi connectivity index (χ1v) is 33.7. The van der Waals surface area contributed by atoms with Crippen molar-refractivity contribution in [2.24, 2.45) is 0 Å². The van der Waals surface area contributed by atoms with Crippen molar-refractivity contribution >= 4 is 5.91 Å². The summed E-state index contributed by atoms with van der Waals surface area (Å²) in [6.07, 6.45) is 49.1. The molecule has 0 saturated carbocycles. The van der Waals surface area contributed by atoms with Gasteiger partial charge in [0.05, 0.1) is 32.0 Å². The van der Waals surface area contributed by atoms with Gasteiger partial charge in [-0.2, -0.15) is 0 Å². The second-order valence-electron chi connectivity index (χ2n) is 24.0. The van der Waals surface area contributed by atoms with Crippen LogP contribution >= 0.6 is 0 Å². The van der Waals surface area contributed by atoms with E-state index in [1.807, 2.05) is 6.08 Å². The van der Waals surface area contributed by atoms with Crippen LogP contribution in [0.4, 0.5) is 0 Å². The maximum absolute atomic E-state index is 13.3. The minimum atomic E-state index is -1.79. The summed E-state index contributed by atoms with van der Waals surface area (Å²) in [6.45, 7) is 2.82. The average Bonchev–Trinajstić information content (AvgIpc) is 3.47. The summed E-state index contributed by atoms with van der Waals surface area (Å²) in [5.41, 5.74) is 0. The fourth-order valence-corrected chi connectivity index (χ4v) is 11.1. The largest absolute Gasteiger partial charge is 0.394 e. The number of carbonyl (C=O) groups is 1. The lowest BCUT2D eigenvalue weighted by atomic mass is 9.97. The van der Waals surface area contributed by atoms with E-state index in [1.165, 1.54) is 218 Å². The number of aliphatic hydroxyl groups excluding tert-OH is 8. The Labute approximate surface area is 493 Å². The predicted octanol–water partition coefficient (Wildman–Crippen LogP) is 13.0. The van der Waals surface area contributed by atoms with E-state index in [1.54, 1.807) is 6.08 Å². The molecule has 0 aromatic rings. The van der Waals surface area contributed by atoms with Crippen LogP contribution < -0.4 is 5.32 Å². The fourth-order valence-electron chi connectivity index (χ4n) is 11.1. The number of unbranched alkanes of at least 4 members (excludes halogenated alkanes) is 38. The molecule has 0 aromatic carbocycles. The molecule has 14 nitrogen and oxygen atoms in total. The molecule has 14 heteroatoms. The van der Waals surface area contributed by atoms with Crippen LogP contribution in [0.15, 0.2) is 36.5 Å². The average molecular weight is 1150 g/mol. The Morgan fingerprint density at radius 1 is 0.444 bits per heavy atom. The van der Waals surface area contributed by atoms with Gasteiger partial charge in [0.25, 0.3) is 0 Å². The summed E-state index contributed by atoms with van der Waals surface area (Å²) < 4.78 is 22.8. The van der Waals surface area contributed by atoms with Gasteiger partial charge in [0.15, 0.2) is 12.6 Å². The third kappa shape index (κ3) is 37.4. The van der Waals surface area contributed by atoms with Gasteiger partial charge in [-0.1, -0.05) is 269 Å². The van der Waals surface area contributed by atoms with Gasteiger partial charge in [0.2, 0.25) is 5.91 Å². The monoisotopic (exact) mass is 1150 g/mol. The molecule has 12 atom stereocenters. The van der Waals surface area contributed by atoms with Crippen molar-refractivity contribution in [2.75, 3.05) is 19.8 Å². The molecule has 12 unspecified atom stereocenters. The minimum absolute atomic E-state index is 0.235. The first-order chi connectivity index (χ1) is 39.6. The number of amides is 1. The van der Waals surface area contributed by atoms with E-state index in [2.05, 4.69) is 43.5 Å². The van der Waals surface area contributed by atoms with Crippen LogP contribution in [0.5, 0.6) is 0 Å². The van der Waals surface area contributed by atoms with Crippen LogP contribution in [0, 0.1) is 0 Å². The smallest absolute Gasteiger partial charge is 0.220 e. The SMILES string of the molecule is CCCCCCC/C=C\C/C=C\CCCCCCCCCCCCCCCCCCCCCC(=O)NC(COC1OC(CO)C(OC2OC(CO)C(O)C(O)C2O)C(O)C1O)C(O)/C=C/CCCCCCCCCCCCCCCC. The highest BCUT2D eigenvalue weighted by Crippen LogP contribution is 2.30. The van der Waals surface area contributed by atoms with Crippen LogP contribution in [0.25, 0.3) is 0 Å². The van der Waals surface area contributed by atoms with Crippen LogP contribution in [0.2, 0.25) is 0 Å². The number of rotatable bonds is 55. The van der Waals surface area contributed by atoms with Gasteiger partial charge >= 0.3 is 0 Å². The highest BCUT2D eigenvalue weighted by atomic mass is 16.7. The summed E-state index contributed by atoms with van der Waals surface area (Å²) in [6, 6.07) is -0.913. The Balaban J connectivity index is 1.65. The van der Waals surface area contributed by atoms with Gasteiger partial charge in [0, 0.05) is 6.42 Å². The Bertz CT molecular complexity index is 1500. The molecule has 2 aliphatic rings. The summed E-state index contributed by atoms with van der Waals surface area (Å²) >= 11 is 0. The van der Waals surface area contributed by atoms with Gasteiger partial charge in [-0.3, -0.25) is 4.79 Å². The zero-order valence-electron chi connectivity index (χ0n) is 51.5. The zero-order chi connectivity index (χ0) is 58.8. The Morgan fingerprint density at radius 2 is 0.815 bits per heavy atom. The lowest BCUT2D eigenvalue weighted by molar-refractivity contribution is -0.359. The molecule has 0 spiro atoms. The maximum Gasteiger partial charge on any atom is 0.220 e. The van der Waals surface area contributed by atoms with Gasteiger partial charge in [-0.15, -0.1) is 0 Å². The van der Waals surface area contributed by atoms with E-state index < -0.39 is 86.8 Å². The van der Waals surface area contributed by atoms with Crippen LogP contribution in [0.3, 0.4) is 0 Å². The maximum atomic E-state index is 13.3. The predicted molar refractivity (Wildman–Crippen MR) is 328 cm³/mol. The van der Waals surface area contributed by atoms with Crippen molar-refractivity contribution in [3.63, 3.8) is 0 Å². The van der Waals surface area contributed by atoms with Crippen LogP contribution in [0.1, 0.15) is 290 Å². The van der Waals surface area contributed by atoms with E-state index in [-0.39, 0.29) is 18.9 Å². The van der Waals surface area contributed by atoms with E-state index in [4.69, 9.17) is 18.9 Å². The Hall–Kier alpha value is -1.79. The molecule has 476 valence electrons. The van der Waals surface area contributed by atoms with Gasteiger partial charge < -0.3 is 65.1 Å². The van der Waals surface area contributed by atoms with Crippen molar-refractivity contribution in [2.45, 2.75) is 364 Å². The molecular weight excluding hydrogens is 1030 g/mol. The number of nitrogens with one attached hydrogen (secondary N) is 1. The number of carbonyl (C=O) groups excluding carboxylic acids is 1. The first-order valence-electron chi connectivity index (χ1n) is 33.7. The number of aliphatic hydroxyl groups is 8. The Morgan fingerprint density at radius 3 is 1.23 bits per heavy atom. The quantitative estimate of drug-likeness (QED) is 0.0204. The van der Waals surface area contributed by atoms with E-state index >= 15 is 0 Å². The topological polar surface area (TPSA) is 228 Å². The summed E-state index contributed by atoms with van der Waals surface area (Å²) in [5.74, 6) is -0.235. The molecule has 0 aromatic heterocycles. The third-order valence-electron chi connectivity index (χ3n) is 16.6. The first kappa shape index (κ1) is 75.3. The number of hydrogen-bond acceptors (Lipinski definition) is 13. The molecule has 2 fully saturated rings. The van der Waals surface area contributed by atoms with Crippen LogP contribution in [-0.4, -0.2) is 140 Å². The standard InChI is InChI=1S/C67H125NO13/c1-3-5-7-9-11-13-15-17-19-21-22-23-24-25-26-27-28-29-30-31-32-33-34-35-37-39-41-43-45-47-49-51-59(72)68-55(56(71)50-48-46-44-42-40-38-36-20-18-16-14-12-10-8-6-4-2)54-78-66-64(77)62(75)65(58(53-70)80-66)81-67-63(76)61(74)60(73)57(52-69)79-67/h15,17,21-22,48,50,55-58,60-67,69-71,73-77H,3-14,16,18-20,23-47,49,51-54H2,1-2H3,(H,68,72)/b17-15-,22-21-,50-48+. The number of hydrogen-bond donors (Lipinski definition) is 9. The normalized spacial score (nSPS) is 24.3. The van der Waals surface area contributed by atoms with Crippen molar-refractivity contribution in [1.29, 1.82) is 0 Å². The number of ether oxygens (including phenoxy) is 4. The minimum Gasteiger partial charge on any atom is -0.394 e. The van der Waals surface area contributed by atoms with Gasteiger partial charge in [-0.25, -0.2) is 0 Å². The van der Waals surface area contributed by atoms with Gasteiger partial charge in [0.1, 0.15) is 48.8 Å². The molecule has 0 aliphatic carbocycles. The van der Waals surface area contributed by atoms with E-state index in [0.717, 1.165) is 44.9 Å². The fraction of sp³-hybridized carbons (Fsp3) is 0.896. The molecule has 0 bridgehead atoms. The molecule has 2 aliphatic heterocycles. The van der Waals surface area contributed by atoms with Crippen LogP contribution in [-0.2, 0) is 23.7 Å². The zero-order valence-corrected chi connectivity index (χ0v) is 51.5. The second kappa shape index (κ2) is 52.5. The lowest BCUT2D eigenvalue weighted by Crippen LogP contribution is -2.65. The second-order valence-corrected chi connectivity index (χ2v) is 24.0.